The number of rotatable bonds is 3. The Morgan fingerprint density at radius 2 is 2.11 bits per heavy atom. The van der Waals surface area contributed by atoms with E-state index in [1.165, 1.54) is 0 Å². The van der Waals surface area contributed by atoms with Crippen molar-refractivity contribution in [1.29, 1.82) is 0 Å². The second-order valence-electron chi connectivity index (χ2n) is 2.91. The first-order valence-corrected chi connectivity index (χ1v) is 5.92. The van der Waals surface area contributed by atoms with Gasteiger partial charge in [0.2, 0.25) is 0 Å². The minimum Gasteiger partial charge on any atom is -0.411 e. The molecule has 1 unspecified atom stereocenters. The number of primary amides is 1. The molecular formula is C12H12INO4. The molecule has 0 saturated heterocycles. The molecule has 1 rings (SSSR count). The van der Waals surface area contributed by atoms with Crippen LogP contribution in [0.15, 0.2) is 30.3 Å². The zero-order chi connectivity index (χ0) is 13.8. The zero-order valence-corrected chi connectivity index (χ0v) is 11.5. The number of halogens is 1. The van der Waals surface area contributed by atoms with Crippen LogP contribution in [0.2, 0.25) is 0 Å². The predicted molar refractivity (Wildman–Crippen MR) is 75.1 cm³/mol. The second kappa shape index (κ2) is 10.6. The van der Waals surface area contributed by atoms with E-state index < -0.39 is 12.2 Å². The van der Waals surface area contributed by atoms with Crippen LogP contribution in [0.4, 0.5) is 4.79 Å². The smallest absolute Gasteiger partial charge is 0.409 e. The summed E-state index contributed by atoms with van der Waals surface area (Å²) in [5, 5.41) is 8.52. The summed E-state index contributed by atoms with van der Waals surface area (Å²) in [7, 11) is 0. The number of ether oxygens (including phenoxy) is 1. The number of para-hydroxylation sites is 1. The molecule has 0 aromatic heterocycles. The number of aliphatic hydroxyl groups is 1. The Morgan fingerprint density at radius 3 is 2.56 bits per heavy atom. The molecule has 0 aliphatic rings. The normalized spacial score (nSPS) is 9.89. The standard InChI is InChI=1S/C7H7NO2.C5H5IO2/c8-7(9)10-6-4-2-1-3-5-6;6-3-1-2-5(8)4-7/h1-5H,(H2,8,9);4-5,8H,2H2. The van der Waals surface area contributed by atoms with Gasteiger partial charge in [0.1, 0.15) is 18.1 Å². The number of carbonyl (C=O) groups excluding carboxylic acids is 2. The Hall–Kier alpha value is -1.59. The van der Waals surface area contributed by atoms with E-state index in [2.05, 4.69) is 14.6 Å². The molecule has 1 aromatic rings. The highest BCUT2D eigenvalue weighted by atomic mass is 127. The molecule has 18 heavy (non-hydrogen) atoms. The van der Waals surface area contributed by atoms with Gasteiger partial charge in [0.05, 0.1) is 0 Å². The fourth-order valence-corrected chi connectivity index (χ4v) is 1.02. The van der Waals surface area contributed by atoms with Crippen LogP contribution in [-0.4, -0.2) is 23.6 Å². The van der Waals surface area contributed by atoms with Gasteiger partial charge < -0.3 is 20.4 Å². The topological polar surface area (TPSA) is 89.6 Å². The molecule has 1 aromatic carbocycles. The van der Waals surface area contributed by atoms with Gasteiger partial charge in [0.15, 0.2) is 0 Å². The van der Waals surface area contributed by atoms with E-state index in [4.69, 9.17) is 10.8 Å². The van der Waals surface area contributed by atoms with Gasteiger partial charge in [-0.25, -0.2) is 4.79 Å². The van der Waals surface area contributed by atoms with Gasteiger partial charge in [-0.15, -0.1) is 0 Å². The molecule has 1 amide bonds. The lowest BCUT2D eigenvalue weighted by molar-refractivity contribution is -0.114. The molecule has 5 nitrogen and oxygen atoms in total. The lowest BCUT2D eigenvalue weighted by atomic mass is 10.3. The van der Waals surface area contributed by atoms with Crippen LogP contribution >= 0.6 is 22.6 Å². The van der Waals surface area contributed by atoms with E-state index in [1.54, 1.807) is 24.3 Å². The highest BCUT2D eigenvalue weighted by Crippen LogP contribution is 2.07. The van der Waals surface area contributed by atoms with E-state index in [-0.39, 0.29) is 6.42 Å². The number of carbonyl (C=O) groups is 2. The molecule has 0 aliphatic heterocycles. The van der Waals surface area contributed by atoms with Crippen molar-refractivity contribution in [1.82, 2.24) is 0 Å². The Balaban J connectivity index is 0.000000331. The van der Waals surface area contributed by atoms with Crippen molar-refractivity contribution < 1.29 is 19.4 Å². The number of aliphatic hydroxyl groups excluding tert-OH is 1. The second-order valence-corrected chi connectivity index (χ2v) is 3.45. The van der Waals surface area contributed by atoms with E-state index in [1.807, 2.05) is 28.7 Å². The fraction of sp³-hybridized carbons (Fsp3) is 0.167. The van der Waals surface area contributed by atoms with Crippen molar-refractivity contribution in [2.75, 3.05) is 0 Å². The van der Waals surface area contributed by atoms with Crippen LogP contribution in [-0.2, 0) is 4.79 Å². The molecule has 0 aliphatic carbocycles. The highest BCUT2D eigenvalue weighted by molar-refractivity contribution is 14.1. The summed E-state index contributed by atoms with van der Waals surface area (Å²) < 4.78 is 7.09. The molecule has 96 valence electrons. The number of benzene rings is 1. The Labute approximate surface area is 118 Å². The van der Waals surface area contributed by atoms with Crippen molar-refractivity contribution in [3.05, 3.63) is 30.3 Å². The third kappa shape index (κ3) is 9.62. The van der Waals surface area contributed by atoms with Crippen molar-refractivity contribution in [2.24, 2.45) is 5.73 Å². The number of hydrogen-bond acceptors (Lipinski definition) is 4. The van der Waals surface area contributed by atoms with E-state index in [0.717, 1.165) is 0 Å². The third-order valence-corrected chi connectivity index (χ3v) is 1.88. The summed E-state index contributed by atoms with van der Waals surface area (Å²) >= 11 is 1.85. The average Bonchev–Trinajstić information content (AvgIpc) is 2.37. The van der Waals surface area contributed by atoms with Crippen LogP contribution < -0.4 is 10.5 Å². The molecule has 0 fully saturated rings. The van der Waals surface area contributed by atoms with Crippen LogP contribution in [0.25, 0.3) is 0 Å². The van der Waals surface area contributed by atoms with E-state index in [9.17, 15) is 9.59 Å². The maximum atomic E-state index is 10.2. The van der Waals surface area contributed by atoms with Gasteiger partial charge >= 0.3 is 6.09 Å². The number of amides is 1. The highest BCUT2D eigenvalue weighted by Gasteiger charge is 1.94. The number of hydrogen-bond donors (Lipinski definition) is 2. The zero-order valence-electron chi connectivity index (χ0n) is 9.38. The first kappa shape index (κ1) is 16.4. The Morgan fingerprint density at radius 1 is 1.50 bits per heavy atom. The lowest BCUT2D eigenvalue weighted by Gasteiger charge is -1.96. The van der Waals surface area contributed by atoms with Crippen molar-refractivity contribution in [3.63, 3.8) is 0 Å². The van der Waals surface area contributed by atoms with Gasteiger partial charge in [-0.3, -0.25) is 0 Å². The largest absolute Gasteiger partial charge is 0.411 e. The van der Waals surface area contributed by atoms with Crippen molar-refractivity contribution in [2.45, 2.75) is 12.5 Å². The third-order valence-electron chi connectivity index (χ3n) is 1.50. The van der Waals surface area contributed by atoms with Gasteiger partial charge in [0, 0.05) is 29.0 Å². The first-order chi connectivity index (χ1) is 8.60. The summed E-state index contributed by atoms with van der Waals surface area (Å²) in [6, 6.07) is 8.67. The van der Waals surface area contributed by atoms with Gasteiger partial charge in [0.25, 0.3) is 0 Å². The maximum Gasteiger partial charge on any atom is 0.409 e. The number of aldehydes is 1. The minimum absolute atomic E-state index is 0.242. The van der Waals surface area contributed by atoms with Gasteiger partial charge in [-0.1, -0.05) is 24.1 Å². The SMILES string of the molecule is NC(=O)Oc1ccccc1.O=CC(O)CC#CI. The molecule has 0 bridgehead atoms. The lowest BCUT2D eigenvalue weighted by Crippen LogP contribution is -2.15. The van der Waals surface area contributed by atoms with Crippen LogP contribution in [0.3, 0.4) is 0 Å². The average molecular weight is 361 g/mol. The van der Waals surface area contributed by atoms with Crippen LogP contribution in [0, 0.1) is 9.85 Å². The summed E-state index contributed by atoms with van der Waals surface area (Å²) in [6.07, 6.45) is -0.976. The Kier molecular flexibility index (Phi) is 9.62. The van der Waals surface area contributed by atoms with Crippen LogP contribution in [0.5, 0.6) is 5.75 Å². The molecule has 3 N–H and O–H groups in total. The van der Waals surface area contributed by atoms with Gasteiger partial charge in [-0.2, -0.15) is 0 Å². The minimum atomic E-state index is -0.905. The fourth-order valence-electron chi connectivity index (χ4n) is 0.796. The summed E-state index contributed by atoms with van der Waals surface area (Å²) in [5.41, 5.74) is 4.76. The molecule has 0 radical (unpaired) electrons. The first-order valence-electron chi connectivity index (χ1n) is 4.84. The molecule has 6 heteroatoms. The molecule has 0 heterocycles. The molecular weight excluding hydrogens is 349 g/mol. The summed E-state index contributed by atoms with van der Waals surface area (Å²) in [5.74, 6) is 3.02. The monoisotopic (exact) mass is 361 g/mol. The van der Waals surface area contributed by atoms with E-state index >= 15 is 0 Å². The van der Waals surface area contributed by atoms with Crippen molar-refractivity contribution >= 4 is 35.0 Å². The number of nitrogens with two attached hydrogens (primary N) is 1. The Bertz CT molecular complexity index is 425. The molecule has 1 atom stereocenters. The predicted octanol–water partition coefficient (Wildman–Crippen LogP) is 1.48. The molecule has 0 saturated carbocycles. The van der Waals surface area contributed by atoms with Gasteiger partial charge in [-0.05, 0) is 16.1 Å². The quantitative estimate of drug-likeness (QED) is 0.485. The summed E-state index contributed by atoms with van der Waals surface area (Å²) in [4.78, 5) is 19.9. The maximum absolute atomic E-state index is 10.2. The summed E-state index contributed by atoms with van der Waals surface area (Å²) in [6.45, 7) is 0. The van der Waals surface area contributed by atoms with Crippen molar-refractivity contribution in [3.8, 4) is 15.6 Å². The molecule has 0 spiro atoms. The van der Waals surface area contributed by atoms with E-state index in [0.29, 0.717) is 12.0 Å². The van der Waals surface area contributed by atoms with Crippen LogP contribution in [0.1, 0.15) is 6.42 Å².